The third-order valence-electron chi connectivity index (χ3n) is 6.81. The van der Waals surface area contributed by atoms with Crippen molar-refractivity contribution in [3.05, 3.63) is 119 Å². The molecule has 0 aliphatic carbocycles. The van der Waals surface area contributed by atoms with E-state index in [9.17, 15) is 39.0 Å². The number of phenols is 2. The molecule has 0 atom stereocenters. The maximum absolute atomic E-state index is 12.5. The third-order valence-corrected chi connectivity index (χ3v) is 7.72. The number of nitrogens with zero attached hydrogens (tertiary/aromatic N) is 7. The summed E-state index contributed by atoms with van der Waals surface area (Å²) in [6, 6.07) is 25.8. The van der Waals surface area contributed by atoms with Gasteiger partial charge in [0.25, 0.3) is 5.69 Å². The van der Waals surface area contributed by atoms with Crippen molar-refractivity contribution in [3.63, 3.8) is 0 Å². The zero-order chi connectivity index (χ0) is 35.3. The Bertz CT molecular complexity index is 2370. The number of phenolic OH excluding ortho intramolecular Hbond substituents is 2. The van der Waals surface area contributed by atoms with Crippen molar-refractivity contribution in [2.75, 3.05) is 0 Å². The Hall–Kier alpha value is -6.21. The van der Waals surface area contributed by atoms with Gasteiger partial charge in [0.15, 0.2) is 0 Å². The molecule has 0 radical (unpaired) electrons. The predicted molar refractivity (Wildman–Crippen MR) is 174 cm³/mol. The van der Waals surface area contributed by atoms with Crippen molar-refractivity contribution >= 4 is 49.2 Å². The van der Waals surface area contributed by atoms with Gasteiger partial charge < -0.3 is 20.4 Å². The number of aryl methyl sites for hydroxylation is 1. The van der Waals surface area contributed by atoms with Crippen molar-refractivity contribution in [2.24, 2.45) is 25.6 Å². The summed E-state index contributed by atoms with van der Waals surface area (Å²) in [5.41, 5.74) is 0.553. The number of benzene rings is 5. The molecule has 0 aliphatic rings. The van der Waals surface area contributed by atoms with Crippen LogP contribution in [0, 0.1) is 17.0 Å². The Kier molecular flexibility index (Phi) is 11.2. The van der Waals surface area contributed by atoms with E-state index in [0.717, 1.165) is 29.7 Å². The number of hydrogen-bond donors (Lipinski definition) is 3. The molecular formula is C32H24CoN8O8S+. The molecule has 4 N–H and O–H groups in total. The summed E-state index contributed by atoms with van der Waals surface area (Å²) >= 11 is 0. The normalized spacial score (nSPS) is 11.3. The Morgan fingerprint density at radius 2 is 1.42 bits per heavy atom. The van der Waals surface area contributed by atoms with Gasteiger partial charge in [-0.15, -0.1) is 15.3 Å². The average molecular weight is 740 g/mol. The quantitative estimate of drug-likeness (QED) is 0.0989. The summed E-state index contributed by atoms with van der Waals surface area (Å²) in [5, 5.41) is 80.8. The summed E-state index contributed by atoms with van der Waals surface area (Å²) in [6.45, 7) is 1.58. The van der Waals surface area contributed by atoms with Gasteiger partial charge in [-0.25, -0.2) is 18.2 Å². The molecule has 0 amide bonds. The van der Waals surface area contributed by atoms with Crippen LogP contribution in [0.2, 0.25) is 0 Å². The fraction of sp³-hybridized carbons (Fsp3) is 0.0312. The molecule has 16 nitrogen and oxygen atoms in total. The Labute approximate surface area is 293 Å². The van der Waals surface area contributed by atoms with Crippen LogP contribution in [-0.2, 0) is 26.8 Å². The van der Waals surface area contributed by atoms with E-state index < -0.39 is 26.6 Å². The van der Waals surface area contributed by atoms with Crippen LogP contribution in [0.15, 0.2) is 128 Å². The zero-order valence-electron chi connectivity index (χ0n) is 25.6. The number of rotatable bonds is 7. The van der Waals surface area contributed by atoms with Gasteiger partial charge in [0.1, 0.15) is 28.6 Å². The number of fused-ring (bicyclic) bond motifs is 1. The van der Waals surface area contributed by atoms with Crippen molar-refractivity contribution in [2.45, 2.75) is 11.8 Å². The molecule has 18 heteroatoms. The molecule has 0 saturated carbocycles. The van der Waals surface area contributed by atoms with Crippen LogP contribution in [0.25, 0.3) is 16.5 Å². The second-order valence-electron chi connectivity index (χ2n) is 10.1. The molecule has 50 heavy (non-hydrogen) atoms. The molecule has 0 bridgehead atoms. The molecular weight excluding hydrogens is 715 g/mol. The van der Waals surface area contributed by atoms with Crippen LogP contribution in [0.4, 0.5) is 28.4 Å². The number of hydrogen-bond acceptors (Lipinski definition) is 13. The number of sulfonamides is 1. The summed E-state index contributed by atoms with van der Waals surface area (Å²) < 4.78 is 23.9. The summed E-state index contributed by atoms with van der Waals surface area (Å²) in [7, 11) is -3.99. The van der Waals surface area contributed by atoms with Gasteiger partial charge in [-0.3, -0.25) is 10.1 Å². The van der Waals surface area contributed by atoms with E-state index in [1.54, 1.807) is 55.5 Å². The van der Waals surface area contributed by atoms with E-state index in [0.29, 0.717) is 16.8 Å². The number of aromatic hydroxyl groups is 2. The Morgan fingerprint density at radius 1 is 0.780 bits per heavy atom. The van der Waals surface area contributed by atoms with Crippen molar-refractivity contribution in [1.82, 2.24) is 9.78 Å². The van der Waals surface area contributed by atoms with Gasteiger partial charge in [0, 0.05) is 23.4 Å². The van der Waals surface area contributed by atoms with Gasteiger partial charge in [-0.1, -0.05) is 60.3 Å². The number of nitro benzene ring substituents is 1. The largest absolute Gasteiger partial charge is 3.00 e. The van der Waals surface area contributed by atoms with E-state index >= 15 is 0 Å². The van der Waals surface area contributed by atoms with E-state index in [-0.39, 0.29) is 61.6 Å². The Balaban J connectivity index is 0.000000222. The van der Waals surface area contributed by atoms with Crippen molar-refractivity contribution in [3.8, 4) is 28.8 Å². The first-order chi connectivity index (χ1) is 23.3. The summed E-state index contributed by atoms with van der Waals surface area (Å²) in [4.78, 5) is 9.92. The summed E-state index contributed by atoms with van der Waals surface area (Å²) in [5.74, 6) is -1.37. The number of primary sulfonamides is 1. The minimum atomic E-state index is -3.99. The van der Waals surface area contributed by atoms with Crippen LogP contribution < -0.4 is 15.4 Å². The minimum Gasteiger partial charge on any atom is -0.871 e. The maximum Gasteiger partial charge on any atom is 3.00 e. The first kappa shape index (κ1) is 36.6. The van der Waals surface area contributed by atoms with Crippen LogP contribution in [0.5, 0.6) is 23.1 Å². The van der Waals surface area contributed by atoms with Crippen LogP contribution in [-0.4, -0.2) is 33.3 Å². The number of azo groups is 2. The van der Waals surface area contributed by atoms with E-state index in [1.165, 1.54) is 22.9 Å². The molecule has 254 valence electrons. The fourth-order valence-electron chi connectivity index (χ4n) is 4.37. The van der Waals surface area contributed by atoms with Crippen LogP contribution in [0.1, 0.15) is 5.69 Å². The molecule has 1 heterocycles. The molecule has 0 aliphatic heterocycles. The van der Waals surface area contributed by atoms with Crippen molar-refractivity contribution in [1.29, 1.82) is 0 Å². The molecule has 0 fully saturated rings. The number of aromatic nitrogens is 2. The summed E-state index contributed by atoms with van der Waals surface area (Å²) in [6.07, 6.45) is 0. The smallest absolute Gasteiger partial charge is 0.871 e. The second kappa shape index (κ2) is 15.3. The maximum atomic E-state index is 12.5. The topological polar surface area (TPSA) is 257 Å². The third kappa shape index (κ3) is 8.25. The Morgan fingerprint density at radius 3 is 2.12 bits per heavy atom. The first-order valence-corrected chi connectivity index (χ1v) is 15.6. The van der Waals surface area contributed by atoms with Gasteiger partial charge in [-0.05, 0) is 48.7 Å². The average Bonchev–Trinajstić information content (AvgIpc) is 3.36. The second-order valence-corrected chi connectivity index (χ2v) is 11.7. The van der Waals surface area contributed by atoms with Gasteiger partial charge in [-0.2, -0.15) is 10.2 Å². The number of non-ortho nitro benzene ring substituents is 1. The van der Waals surface area contributed by atoms with Crippen LogP contribution >= 0.6 is 0 Å². The number of para-hydroxylation sites is 1. The first-order valence-electron chi connectivity index (χ1n) is 14.0. The standard InChI is InChI=1S/C16H15N5O4S.C16H11N3O4.Co/c1-10-15(16(23)21(20-10)11-5-3-2-4-6-11)19-18-13-9-12(26(17,24)25)7-8-14(13)22;20-14-8-6-11(19(22)23)9-13(14)17-18-16-12-4-2-1-3-10(12)5-7-15(16)21;/h2-9,22-23H,1H3,(H2,17,24,25);1-9,20-21H;/q;;+3/p-2. The van der Waals surface area contributed by atoms with E-state index in [4.69, 9.17) is 5.14 Å². The van der Waals surface area contributed by atoms with Crippen molar-refractivity contribution < 1.29 is 50.5 Å². The molecule has 0 unspecified atom stereocenters. The number of nitrogens with two attached hydrogens (primary N) is 1. The van der Waals surface area contributed by atoms with Gasteiger partial charge >= 0.3 is 16.8 Å². The zero-order valence-corrected chi connectivity index (χ0v) is 27.5. The monoisotopic (exact) mass is 739 g/mol. The van der Waals surface area contributed by atoms with E-state index in [1.807, 2.05) is 12.1 Å². The molecule has 0 saturated heterocycles. The minimum absolute atomic E-state index is 0. The van der Waals surface area contributed by atoms with E-state index in [2.05, 4.69) is 25.6 Å². The van der Waals surface area contributed by atoms with Gasteiger partial charge in [0.05, 0.1) is 26.9 Å². The van der Waals surface area contributed by atoms with Crippen LogP contribution in [0.3, 0.4) is 0 Å². The van der Waals surface area contributed by atoms with Gasteiger partial charge in [0.2, 0.25) is 10.0 Å². The molecule has 5 aromatic carbocycles. The molecule has 1 aromatic heterocycles. The SMILES string of the molecule is Cc1nn(-c2ccccc2)c([O-])c1N=Nc1cc(S(N)(=O)=O)ccc1[O-].O=[N+]([O-])c1ccc(O)c(N=Nc2c(O)ccc3ccccc23)c1.[Co+3]. The number of nitro groups is 1. The predicted octanol–water partition coefficient (Wildman–Crippen LogP) is 5.96. The molecule has 6 aromatic rings. The molecule has 6 rings (SSSR count). The fourth-order valence-corrected chi connectivity index (χ4v) is 4.91. The molecule has 0 spiro atoms.